The first-order valence-electron chi connectivity index (χ1n) is 2.24. The molecule has 0 saturated heterocycles. The number of aromatic nitrogens is 1. The lowest BCUT2D eigenvalue weighted by molar-refractivity contribution is 1.18. The molecule has 0 aliphatic rings. The minimum absolute atomic E-state index is 1.06. The van der Waals surface area contributed by atoms with E-state index in [1.54, 1.807) is 6.20 Å². The van der Waals surface area contributed by atoms with E-state index in [1.165, 1.54) is 16.4 Å². The molecule has 0 atom stereocenters. The molecule has 0 spiro atoms. The first-order chi connectivity index (χ1) is 3.43. The smallest absolute Gasteiger partial charge is 0.0489 e. The Balaban J connectivity index is 2.76. The molecule has 1 heterocycles. The Morgan fingerprint density at radius 1 is 2.00 bits per heavy atom. The first kappa shape index (κ1) is 4.78. The van der Waals surface area contributed by atoms with E-state index >= 15 is 0 Å². The zero-order valence-corrected chi connectivity index (χ0v) is 4.96. The van der Waals surface area contributed by atoms with Gasteiger partial charge in [-0.1, -0.05) is 6.92 Å². The Hall–Kier alpha value is -0.370. The fourth-order valence-electron chi connectivity index (χ4n) is 0.381. The molecule has 1 aromatic rings. The minimum atomic E-state index is 1.06. The molecule has 1 rings (SSSR count). The molecule has 0 N–H and O–H groups in total. The van der Waals surface area contributed by atoms with Gasteiger partial charge in [0.1, 0.15) is 0 Å². The molecular formula is C5H6NS. The minimum Gasteiger partial charge on any atom is -0.200 e. The predicted octanol–water partition coefficient (Wildman–Crippen LogP) is 1.51. The summed E-state index contributed by atoms with van der Waals surface area (Å²) in [5.41, 5.74) is 0. The van der Waals surface area contributed by atoms with Crippen molar-refractivity contribution < 1.29 is 0 Å². The highest BCUT2D eigenvalue weighted by atomic mass is 32.1. The van der Waals surface area contributed by atoms with Gasteiger partial charge < -0.3 is 0 Å². The van der Waals surface area contributed by atoms with Crippen molar-refractivity contribution in [2.45, 2.75) is 13.3 Å². The van der Waals surface area contributed by atoms with Crippen molar-refractivity contribution in [3.8, 4) is 0 Å². The molecule has 0 amide bonds. The summed E-state index contributed by atoms with van der Waals surface area (Å²) < 4.78 is 3.88. The highest BCUT2D eigenvalue weighted by Crippen LogP contribution is 2.01. The molecule has 0 saturated carbocycles. The monoisotopic (exact) mass is 112 g/mol. The van der Waals surface area contributed by atoms with E-state index in [-0.39, 0.29) is 0 Å². The normalized spacial score (nSPS) is 9.29. The van der Waals surface area contributed by atoms with E-state index in [0.717, 1.165) is 6.42 Å². The summed E-state index contributed by atoms with van der Waals surface area (Å²) in [6, 6.07) is 2.99. The first-order valence-corrected chi connectivity index (χ1v) is 3.02. The van der Waals surface area contributed by atoms with Crippen LogP contribution >= 0.6 is 11.5 Å². The highest BCUT2D eigenvalue weighted by Gasteiger charge is 1.85. The maximum Gasteiger partial charge on any atom is 0.0489 e. The summed E-state index contributed by atoms with van der Waals surface area (Å²) in [4.78, 5) is 1.24. The lowest BCUT2D eigenvalue weighted by Gasteiger charge is -1.75. The summed E-state index contributed by atoms with van der Waals surface area (Å²) >= 11 is 1.52. The highest BCUT2D eigenvalue weighted by molar-refractivity contribution is 7.05. The van der Waals surface area contributed by atoms with Crippen molar-refractivity contribution in [1.29, 1.82) is 0 Å². The van der Waals surface area contributed by atoms with E-state index in [0.29, 0.717) is 0 Å². The van der Waals surface area contributed by atoms with Crippen LogP contribution in [0.1, 0.15) is 11.8 Å². The largest absolute Gasteiger partial charge is 0.200 e. The molecule has 2 heteroatoms. The Bertz CT molecular complexity index is 123. The maximum atomic E-state index is 3.88. The van der Waals surface area contributed by atoms with Gasteiger partial charge in [-0.25, -0.2) is 4.37 Å². The molecule has 1 radical (unpaired) electrons. The summed E-state index contributed by atoms with van der Waals surface area (Å²) in [5, 5.41) is 0. The Kier molecular flexibility index (Phi) is 1.42. The second-order valence-electron chi connectivity index (χ2n) is 1.25. The number of nitrogens with zero attached hydrogens (tertiary/aromatic N) is 1. The zero-order chi connectivity index (χ0) is 5.11. The van der Waals surface area contributed by atoms with Crippen LogP contribution in [0.25, 0.3) is 0 Å². The number of hydrogen-bond acceptors (Lipinski definition) is 2. The van der Waals surface area contributed by atoms with Gasteiger partial charge in [0.2, 0.25) is 0 Å². The van der Waals surface area contributed by atoms with Crippen LogP contribution in [0.15, 0.2) is 6.20 Å². The second-order valence-corrected chi connectivity index (χ2v) is 2.13. The lowest BCUT2D eigenvalue weighted by Crippen LogP contribution is -1.64. The summed E-state index contributed by atoms with van der Waals surface area (Å²) in [5.74, 6) is 0. The molecule has 37 valence electrons. The van der Waals surface area contributed by atoms with Crippen molar-refractivity contribution >= 4 is 11.5 Å². The van der Waals surface area contributed by atoms with Crippen LogP contribution in [0.3, 0.4) is 0 Å². The van der Waals surface area contributed by atoms with Crippen LogP contribution in [0.5, 0.6) is 0 Å². The second kappa shape index (κ2) is 2.07. The molecular weight excluding hydrogens is 106 g/mol. The van der Waals surface area contributed by atoms with Gasteiger partial charge in [0.25, 0.3) is 0 Å². The van der Waals surface area contributed by atoms with Gasteiger partial charge >= 0.3 is 0 Å². The third-order valence-electron chi connectivity index (χ3n) is 0.762. The van der Waals surface area contributed by atoms with E-state index in [9.17, 15) is 0 Å². The van der Waals surface area contributed by atoms with Crippen LogP contribution in [0, 0.1) is 6.07 Å². The van der Waals surface area contributed by atoms with Crippen LogP contribution < -0.4 is 0 Å². The van der Waals surface area contributed by atoms with E-state index < -0.39 is 0 Å². The number of aryl methyl sites for hydroxylation is 1. The van der Waals surface area contributed by atoms with Crippen molar-refractivity contribution in [2.75, 3.05) is 0 Å². The maximum absolute atomic E-state index is 3.88. The predicted molar refractivity (Wildman–Crippen MR) is 30.3 cm³/mol. The Morgan fingerprint density at radius 3 is 3.14 bits per heavy atom. The quantitative estimate of drug-likeness (QED) is 0.536. The van der Waals surface area contributed by atoms with Gasteiger partial charge in [-0.3, -0.25) is 0 Å². The van der Waals surface area contributed by atoms with E-state index in [4.69, 9.17) is 0 Å². The van der Waals surface area contributed by atoms with Crippen molar-refractivity contribution in [3.05, 3.63) is 17.1 Å². The van der Waals surface area contributed by atoms with Crippen LogP contribution in [0.2, 0.25) is 0 Å². The Morgan fingerprint density at radius 2 is 2.86 bits per heavy atom. The average molecular weight is 112 g/mol. The molecule has 0 bridgehead atoms. The van der Waals surface area contributed by atoms with Crippen LogP contribution in [0.4, 0.5) is 0 Å². The van der Waals surface area contributed by atoms with Gasteiger partial charge in [0.05, 0.1) is 0 Å². The van der Waals surface area contributed by atoms with Gasteiger partial charge in [0.15, 0.2) is 0 Å². The third-order valence-corrected chi connectivity index (χ3v) is 1.60. The summed E-state index contributed by atoms with van der Waals surface area (Å²) in [6.45, 7) is 2.10. The zero-order valence-electron chi connectivity index (χ0n) is 4.14. The van der Waals surface area contributed by atoms with Gasteiger partial charge in [-0.05, 0) is 18.0 Å². The topological polar surface area (TPSA) is 12.9 Å². The molecule has 0 aromatic carbocycles. The van der Waals surface area contributed by atoms with Crippen molar-refractivity contribution in [1.82, 2.24) is 4.37 Å². The van der Waals surface area contributed by atoms with Gasteiger partial charge in [0, 0.05) is 17.1 Å². The molecule has 0 aliphatic carbocycles. The number of hydrogen-bond donors (Lipinski definition) is 0. The molecule has 0 unspecified atom stereocenters. The lowest BCUT2D eigenvalue weighted by atomic mass is 10.4. The number of rotatable bonds is 1. The molecule has 1 nitrogen and oxygen atoms in total. The molecule has 7 heavy (non-hydrogen) atoms. The SMILES string of the molecule is CCc1[c]cns1. The summed E-state index contributed by atoms with van der Waals surface area (Å²) in [7, 11) is 0. The fraction of sp³-hybridized carbons (Fsp3) is 0.400. The third kappa shape index (κ3) is 0.996. The fourth-order valence-corrected chi connectivity index (χ4v) is 0.848. The average Bonchev–Trinajstić information content (AvgIpc) is 2.14. The van der Waals surface area contributed by atoms with Gasteiger partial charge in [-0.15, -0.1) is 0 Å². The summed E-state index contributed by atoms with van der Waals surface area (Å²) in [6.07, 6.45) is 2.77. The van der Waals surface area contributed by atoms with Crippen LogP contribution in [-0.2, 0) is 6.42 Å². The van der Waals surface area contributed by atoms with E-state index in [2.05, 4.69) is 17.4 Å². The van der Waals surface area contributed by atoms with E-state index in [1.807, 2.05) is 0 Å². The molecule has 0 aliphatic heterocycles. The van der Waals surface area contributed by atoms with Crippen LogP contribution in [-0.4, -0.2) is 4.37 Å². The molecule has 0 fully saturated rings. The van der Waals surface area contributed by atoms with Gasteiger partial charge in [-0.2, -0.15) is 0 Å². The van der Waals surface area contributed by atoms with Crippen molar-refractivity contribution in [2.24, 2.45) is 0 Å². The Labute approximate surface area is 47.2 Å². The molecule has 1 aromatic heterocycles. The standard InChI is InChI=1S/C5H6NS/c1-2-5-3-4-6-7-5/h4H,2H2,1H3. The van der Waals surface area contributed by atoms with Crippen molar-refractivity contribution in [3.63, 3.8) is 0 Å².